The fourth-order valence-electron chi connectivity index (χ4n) is 12.8. The summed E-state index contributed by atoms with van der Waals surface area (Å²) in [5.41, 5.74) is 1.06. The molecule has 2 nitrogen and oxygen atoms in total. The predicted octanol–water partition coefficient (Wildman–Crippen LogP) is 12.8. The molecule has 4 aliphatic carbocycles. The fourth-order valence-corrected chi connectivity index (χ4v) is 22.4. The van der Waals surface area contributed by atoms with Crippen LogP contribution in [0.2, 0.25) is 36.3 Å². The van der Waals surface area contributed by atoms with Gasteiger partial charge in [0.15, 0.2) is 16.6 Å². The van der Waals surface area contributed by atoms with Gasteiger partial charge in [-0.2, -0.15) is 0 Å². The first-order valence-corrected chi connectivity index (χ1v) is 25.0. The molecule has 4 rings (SSSR count). The first kappa shape index (κ1) is 36.2. The second-order valence-electron chi connectivity index (χ2n) is 17.1. The van der Waals surface area contributed by atoms with Gasteiger partial charge in [0.05, 0.1) is 0 Å². The maximum absolute atomic E-state index is 7.43. The van der Waals surface area contributed by atoms with Crippen LogP contribution in [0.1, 0.15) is 159 Å². The van der Waals surface area contributed by atoms with Crippen LogP contribution < -0.4 is 0 Å². The highest BCUT2D eigenvalue weighted by molar-refractivity contribution is 6.74. The molecule has 0 N–H and O–H groups in total. The highest BCUT2D eigenvalue weighted by atomic mass is 28.4. The zero-order chi connectivity index (χ0) is 31.3. The van der Waals surface area contributed by atoms with Crippen LogP contribution in [-0.4, -0.2) is 28.8 Å². The molecule has 4 saturated carbocycles. The van der Waals surface area contributed by atoms with Crippen LogP contribution >= 0.6 is 0 Å². The van der Waals surface area contributed by atoms with Gasteiger partial charge >= 0.3 is 0 Å². The Morgan fingerprint density at radius 1 is 0.605 bits per heavy atom. The van der Waals surface area contributed by atoms with E-state index >= 15 is 0 Å². The minimum absolute atomic E-state index is 0.459. The molecule has 9 atom stereocenters. The van der Waals surface area contributed by atoms with E-state index in [-0.39, 0.29) is 0 Å². The third-order valence-corrected chi connectivity index (χ3v) is 24.5. The van der Waals surface area contributed by atoms with E-state index < -0.39 is 16.6 Å². The van der Waals surface area contributed by atoms with Crippen molar-refractivity contribution in [1.82, 2.24) is 0 Å². The molecule has 0 unspecified atom stereocenters. The van der Waals surface area contributed by atoms with Crippen LogP contribution in [0, 0.1) is 40.4 Å². The van der Waals surface area contributed by atoms with Crippen molar-refractivity contribution >= 4 is 16.6 Å². The van der Waals surface area contributed by atoms with Crippen LogP contribution in [0.3, 0.4) is 0 Å². The van der Waals surface area contributed by atoms with Crippen molar-refractivity contribution in [3.8, 4) is 0 Å². The second kappa shape index (κ2) is 15.5. The van der Waals surface area contributed by atoms with Crippen molar-refractivity contribution in [1.29, 1.82) is 0 Å². The normalized spacial score (nSPS) is 37.0. The van der Waals surface area contributed by atoms with Gasteiger partial charge in [0.25, 0.3) is 0 Å². The average molecular weight is 633 g/mol. The Bertz CT molecular complexity index is 813. The minimum atomic E-state index is -1.63. The van der Waals surface area contributed by atoms with Crippen molar-refractivity contribution < 1.29 is 8.85 Å². The molecular formula is C39H76O2Si2. The van der Waals surface area contributed by atoms with Gasteiger partial charge in [0.1, 0.15) is 0 Å². The quantitative estimate of drug-likeness (QED) is 0.149. The van der Waals surface area contributed by atoms with E-state index in [1.807, 2.05) is 0 Å². The average Bonchev–Trinajstić information content (AvgIpc) is 3.31. The van der Waals surface area contributed by atoms with Gasteiger partial charge in [0, 0.05) is 12.2 Å². The Morgan fingerprint density at radius 2 is 1.12 bits per heavy atom. The first-order valence-electron chi connectivity index (χ1n) is 19.9. The molecule has 0 amide bonds. The second-order valence-corrected chi connectivity index (χ2v) is 25.3. The largest absolute Gasteiger partial charge is 0.414 e. The molecule has 4 heteroatoms. The summed E-state index contributed by atoms with van der Waals surface area (Å²) in [7, 11) is -3.22. The van der Waals surface area contributed by atoms with E-state index in [0.717, 1.165) is 29.6 Å². The summed E-state index contributed by atoms with van der Waals surface area (Å²) in [5, 5.41) is 0. The molecule has 4 aliphatic rings. The number of fused-ring (bicyclic) bond motifs is 5. The summed E-state index contributed by atoms with van der Waals surface area (Å²) in [6.07, 6.45) is 21.9. The molecule has 0 radical (unpaired) electrons. The van der Waals surface area contributed by atoms with Crippen LogP contribution in [0.5, 0.6) is 0 Å². The Labute approximate surface area is 272 Å². The van der Waals surface area contributed by atoms with Crippen molar-refractivity contribution in [2.24, 2.45) is 40.4 Å². The first-order chi connectivity index (χ1) is 20.6. The predicted molar refractivity (Wildman–Crippen MR) is 193 cm³/mol. The Morgan fingerprint density at radius 3 is 1.67 bits per heavy atom. The summed E-state index contributed by atoms with van der Waals surface area (Å²) in [6, 6.07) is 8.29. The van der Waals surface area contributed by atoms with Crippen LogP contribution in [0.4, 0.5) is 0 Å². The zero-order valence-electron chi connectivity index (χ0n) is 30.7. The smallest absolute Gasteiger partial charge is 0.193 e. The van der Waals surface area contributed by atoms with Crippen molar-refractivity contribution in [2.45, 2.75) is 207 Å². The van der Waals surface area contributed by atoms with E-state index in [1.165, 1.54) is 133 Å². The summed E-state index contributed by atoms with van der Waals surface area (Å²) in [6.45, 7) is 22.4. The van der Waals surface area contributed by atoms with Crippen LogP contribution in [-0.2, 0) is 8.85 Å². The van der Waals surface area contributed by atoms with Gasteiger partial charge in [-0.05, 0) is 141 Å². The van der Waals surface area contributed by atoms with E-state index in [2.05, 4.69) is 62.3 Å². The summed E-state index contributed by atoms with van der Waals surface area (Å²) < 4.78 is 14.8. The molecule has 0 spiro atoms. The monoisotopic (exact) mass is 633 g/mol. The molecule has 0 aromatic heterocycles. The standard InChI is InChI=1S/C39H76O2Si2/c1-10-24-42(25-11-2,26-12-3)40-31(7)35-18-19-36-34-17-16-32-30-33(41-43(27-13-4,28-14-5)29-15-6)20-22-38(32,8)37(34)21-23-39(35,36)9/h31-37H,10-30H2,1-9H3/t31-,32+,33+,34+,35-,36+,37+,38+,39-/m1/s1. The lowest BCUT2D eigenvalue weighted by Gasteiger charge is -2.61. The van der Waals surface area contributed by atoms with Gasteiger partial charge in [-0.25, -0.2) is 0 Å². The molecule has 0 aromatic carbocycles. The van der Waals surface area contributed by atoms with Gasteiger partial charge in [0.2, 0.25) is 0 Å². The summed E-state index contributed by atoms with van der Waals surface area (Å²) in [4.78, 5) is 0. The van der Waals surface area contributed by atoms with E-state index in [4.69, 9.17) is 8.85 Å². The number of rotatable bonds is 17. The lowest BCUT2D eigenvalue weighted by atomic mass is 9.44. The molecule has 0 aliphatic heterocycles. The summed E-state index contributed by atoms with van der Waals surface area (Å²) in [5.74, 6) is 4.54. The zero-order valence-corrected chi connectivity index (χ0v) is 32.7. The molecule has 43 heavy (non-hydrogen) atoms. The minimum Gasteiger partial charge on any atom is -0.414 e. The maximum atomic E-state index is 7.43. The number of hydrogen-bond acceptors (Lipinski definition) is 2. The third kappa shape index (κ3) is 7.43. The van der Waals surface area contributed by atoms with Gasteiger partial charge in [-0.3, -0.25) is 0 Å². The van der Waals surface area contributed by atoms with Gasteiger partial charge in [-0.1, -0.05) is 93.9 Å². The molecule has 0 bridgehead atoms. The van der Waals surface area contributed by atoms with Crippen LogP contribution in [0.15, 0.2) is 0 Å². The van der Waals surface area contributed by atoms with Crippen molar-refractivity contribution in [3.63, 3.8) is 0 Å². The molecule has 252 valence electrons. The topological polar surface area (TPSA) is 18.5 Å². The fraction of sp³-hybridized carbons (Fsp3) is 1.00. The Kier molecular flexibility index (Phi) is 13.0. The maximum Gasteiger partial charge on any atom is 0.193 e. The third-order valence-electron chi connectivity index (χ3n) is 14.3. The van der Waals surface area contributed by atoms with E-state index in [0.29, 0.717) is 23.0 Å². The lowest BCUT2D eigenvalue weighted by Crippen LogP contribution is -2.55. The van der Waals surface area contributed by atoms with E-state index in [9.17, 15) is 0 Å². The van der Waals surface area contributed by atoms with Gasteiger partial charge < -0.3 is 8.85 Å². The van der Waals surface area contributed by atoms with Crippen molar-refractivity contribution in [2.75, 3.05) is 0 Å². The molecule has 0 heterocycles. The highest BCUT2D eigenvalue weighted by Crippen LogP contribution is 2.68. The number of hydrogen-bond donors (Lipinski definition) is 0. The Hall–Kier alpha value is 0.354. The molecular weight excluding hydrogens is 557 g/mol. The molecule has 4 fully saturated rings. The van der Waals surface area contributed by atoms with Crippen LogP contribution in [0.25, 0.3) is 0 Å². The highest BCUT2D eigenvalue weighted by Gasteiger charge is 2.61. The molecule has 0 aromatic rings. The molecule has 0 saturated heterocycles. The van der Waals surface area contributed by atoms with E-state index in [1.54, 1.807) is 0 Å². The lowest BCUT2D eigenvalue weighted by molar-refractivity contribution is -0.130. The van der Waals surface area contributed by atoms with Crippen molar-refractivity contribution in [3.05, 3.63) is 0 Å². The summed E-state index contributed by atoms with van der Waals surface area (Å²) >= 11 is 0. The Balaban J connectivity index is 1.45. The van der Waals surface area contributed by atoms with Gasteiger partial charge in [-0.15, -0.1) is 0 Å². The SMILES string of the molecule is CCC[Si](CCC)(CCC)O[C@H]1CC[C@@]2(C)[C@@H](CC[C@@H]3[C@@H]2CC[C@]2(C)[C@@H]([C@@H](C)O[Si](CCC)(CCC)CCC)CC[C@@H]32)C1.